The third-order valence-corrected chi connectivity index (χ3v) is 6.82. The molecule has 2 aromatic heterocycles. The van der Waals surface area contributed by atoms with E-state index in [-0.39, 0.29) is 24.4 Å². The van der Waals surface area contributed by atoms with E-state index in [1.165, 1.54) is 0 Å². The van der Waals surface area contributed by atoms with Crippen molar-refractivity contribution in [2.24, 2.45) is 0 Å². The van der Waals surface area contributed by atoms with Gasteiger partial charge in [-0.15, -0.1) is 0 Å². The number of amides is 2. The van der Waals surface area contributed by atoms with Gasteiger partial charge in [0.1, 0.15) is 11.5 Å². The molecule has 0 saturated carbocycles. The summed E-state index contributed by atoms with van der Waals surface area (Å²) in [5, 5.41) is 2.23. The first-order chi connectivity index (χ1) is 16.9. The lowest BCUT2D eigenvalue weighted by Gasteiger charge is -2.34. The monoisotopic (exact) mass is 473 g/mol. The molecule has 3 aromatic rings. The number of pyridine rings is 1. The molecular formula is C26H31N7O2. The van der Waals surface area contributed by atoms with E-state index in [1.807, 2.05) is 71.8 Å². The lowest BCUT2D eigenvalue weighted by atomic mass is 10.1. The average Bonchev–Trinajstić information content (AvgIpc) is 3.20. The summed E-state index contributed by atoms with van der Waals surface area (Å²) in [4.78, 5) is 47.6. The molecule has 9 heteroatoms. The molecule has 0 unspecified atom stereocenters. The third-order valence-electron chi connectivity index (χ3n) is 6.82. The highest BCUT2D eigenvalue weighted by molar-refractivity contribution is 5.98. The zero-order chi connectivity index (χ0) is 24.7. The van der Waals surface area contributed by atoms with Crippen LogP contribution in [0.25, 0.3) is 10.8 Å². The molecule has 182 valence electrons. The van der Waals surface area contributed by atoms with Gasteiger partial charge >= 0.3 is 0 Å². The lowest BCUT2D eigenvalue weighted by Crippen LogP contribution is -2.50. The van der Waals surface area contributed by atoms with Gasteiger partial charge in [-0.3, -0.25) is 14.6 Å². The Labute approximate surface area is 205 Å². The van der Waals surface area contributed by atoms with Gasteiger partial charge in [-0.2, -0.15) is 4.98 Å². The van der Waals surface area contributed by atoms with Crippen LogP contribution in [0, 0.1) is 0 Å². The second kappa shape index (κ2) is 9.13. The number of anilines is 2. The highest BCUT2D eigenvalue weighted by Crippen LogP contribution is 2.33. The Kier molecular flexibility index (Phi) is 6.00. The second-order valence-corrected chi connectivity index (χ2v) is 9.47. The molecule has 0 aliphatic carbocycles. The Hall–Kier alpha value is -3.75. The molecule has 0 spiro atoms. The fourth-order valence-corrected chi connectivity index (χ4v) is 4.78. The molecule has 0 radical (unpaired) electrons. The van der Waals surface area contributed by atoms with E-state index in [4.69, 9.17) is 4.98 Å². The molecule has 0 bridgehead atoms. The van der Waals surface area contributed by atoms with Crippen molar-refractivity contribution in [1.29, 1.82) is 0 Å². The van der Waals surface area contributed by atoms with Crippen LogP contribution in [0.3, 0.4) is 0 Å². The van der Waals surface area contributed by atoms with Crippen LogP contribution in [-0.4, -0.2) is 75.8 Å². The number of aromatic nitrogens is 3. The zero-order valence-corrected chi connectivity index (χ0v) is 20.7. The number of carbonyl (C=O) groups excluding carboxylic acids is 2. The highest BCUT2D eigenvalue weighted by Gasteiger charge is 2.36. The maximum Gasteiger partial charge on any atom is 0.273 e. The van der Waals surface area contributed by atoms with Gasteiger partial charge in [-0.1, -0.05) is 24.3 Å². The Bertz CT molecular complexity index is 1290. The van der Waals surface area contributed by atoms with Crippen LogP contribution in [0.1, 0.15) is 42.5 Å². The minimum absolute atomic E-state index is 0.0493. The maximum absolute atomic E-state index is 13.2. The number of carbonyl (C=O) groups is 2. The van der Waals surface area contributed by atoms with Gasteiger partial charge in [-0.25, -0.2) is 4.98 Å². The van der Waals surface area contributed by atoms with E-state index in [0.29, 0.717) is 50.2 Å². The molecule has 1 aromatic carbocycles. The molecule has 2 aliphatic heterocycles. The van der Waals surface area contributed by atoms with Gasteiger partial charge in [0.05, 0.1) is 25.3 Å². The van der Waals surface area contributed by atoms with Crippen LogP contribution in [-0.2, 0) is 17.9 Å². The summed E-state index contributed by atoms with van der Waals surface area (Å²) in [6, 6.07) is 10.3. The molecule has 2 aliphatic rings. The fourth-order valence-electron chi connectivity index (χ4n) is 4.78. The number of benzene rings is 1. The van der Waals surface area contributed by atoms with Crippen LogP contribution >= 0.6 is 0 Å². The average molecular weight is 474 g/mol. The van der Waals surface area contributed by atoms with Gasteiger partial charge in [0.25, 0.3) is 5.91 Å². The van der Waals surface area contributed by atoms with Crippen LogP contribution < -0.4 is 9.80 Å². The quantitative estimate of drug-likeness (QED) is 0.544. The Morgan fingerprint density at radius 2 is 1.83 bits per heavy atom. The molecule has 1 fully saturated rings. The van der Waals surface area contributed by atoms with Gasteiger partial charge < -0.3 is 19.6 Å². The minimum Gasteiger partial charge on any atom is -0.353 e. The summed E-state index contributed by atoms with van der Waals surface area (Å²) < 4.78 is 0. The maximum atomic E-state index is 13.2. The van der Waals surface area contributed by atoms with Crippen molar-refractivity contribution in [3.05, 3.63) is 53.5 Å². The number of likely N-dealkylation sites (N-methyl/N-ethyl adjacent to an activating group) is 1. The molecule has 9 nitrogen and oxygen atoms in total. The summed E-state index contributed by atoms with van der Waals surface area (Å²) in [6.07, 6.45) is 1.89. The number of fused-ring (bicyclic) bond motifs is 2. The van der Waals surface area contributed by atoms with Crippen molar-refractivity contribution in [2.45, 2.75) is 39.9 Å². The van der Waals surface area contributed by atoms with E-state index in [2.05, 4.69) is 22.1 Å². The van der Waals surface area contributed by atoms with Crippen molar-refractivity contribution >= 4 is 34.4 Å². The topological polar surface area (TPSA) is 85.8 Å². The predicted molar refractivity (Wildman–Crippen MR) is 135 cm³/mol. The molecule has 0 N–H and O–H groups in total. The van der Waals surface area contributed by atoms with Crippen molar-refractivity contribution < 1.29 is 9.59 Å². The molecule has 5 rings (SSSR count). The van der Waals surface area contributed by atoms with E-state index >= 15 is 0 Å². The van der Waals surface area contributed by atoms with Gasteiger partial charge in [0.15, 0.2) is 0 Å². The smallest absolute Gasteiger partial charge is 0.273 e. The Balaban J connectivity index is 1.50. The first kappa shape index (κ1) is 23.0. The normalized spacial score (nSPS) is 16.0. The van der Waals surface area contributed by atoms with E-state index in [9.17, 15) is 9.59 Å². The molecule has 0 atom stereocenters. The standard InChI is InChI=1S/C26H31N7O2/c1-5-31-10-11-32(16-22(31)34)26-28-23-21(15-33(17(2)3)25(23)35)24(29-26)30(4)14-20-12-18-8-6-7-9-19(18)13-27-20/h6-9,12-13,17H,5,10-11,14-16H2,1-4H3. The van der Waals surface area contributed by atoms with E-state index < -0.39 is 0 Å². The fraction of sp³-hybridized carbons (Fsp3) is 0.423. The van der Waals surface area contributed by atoms with Crippen LogP contribution in [0.2, 0.25) is 0 Å². The largest absolute Gasteiger partial charge is 0.353 e. The third kappa shape index (κ3) is 4.26. The van der Waals surface area contributed by atoms with Crippen molar-refractivity contribution in [3.8, 4) is 0 Å². The predicted octanol–water partition coefficient (Wildman–Crippen LogP) is 2.69. The van der Waals surface area contributed by atoms with E-state index in [0.717, 1.165) is 22.0 Å². The van der Waals surface area contributed by atoms with Crippen LogP contribution in [0.4, 0.5) is 11.8 Å². The Morgan fingerprint density at radius 3 is 2.54 bits per heavy atom. The van der Waals surface area contributed by atoms with Crippen molar-refractivity contribution in [2.75, 3.05) is 43.0 Å². The van der Waals surface area contributed by atoms with Crippen molar-refractivity contribution in [1.82, 2.24) is 24.8 Å². The summed E-state index contributed by atoms with van der Waals surface area (Å²) >= 11 is 0. The SMILES string of the molecule is CCN1CCN(c2nc3c(c(N(C)Cc4cc5ccccc5cn4)n2)CN(C(C)C)C3=O)CC1=O. The van der Waals surface area contributed by atoms with Gasteiger partial charge in [-0.05, 0) is 32.2 Å². The first-order valence-electron chi connectivity index (χ1n) is 12.1. The molecule has 2 amide bonds. The summed E-state index contributed by atoms with van der Waals surface area (Å²) in [5.74, 6) is 1.10. The summed E-state index contributed by atoms with van der Waals surface area (Å²) in [5.41, 5.74) is 2.17. The van der Waals surface area contributed by atoms with E-state index in [1.54, 1.807) is 0 Å². The molecule has 1 saturated heterocycles. The lowest BCUT2D eigenvalue weighted by molar-refractivity contribution is -0.130. The van der Waals surface area contributed by atoms with Crippen molar-refractivity contribution in [3.63, 3.8) is 0 Å². The minimum atomic E-state index is -0.0874. The summed E-state index contributed by atoms with van der Waals surface area (Å²) in [6.45, 7) is 9.14. The second-order valence-electron chi connectivity index (χ2n) is 9.47. The van der Waals surface area contributed by atoms with Gasteiger partial charge in [0, 0.05) is 49.9 Å². The highest BCUT2D eigenvalue weighted by atomic mass is 16.2. The number of rotatable bonds is 6. The molecular weight excluding hydrogens is 442 g/mol. The van der Waals surface area contributed by atoms with Crippen LogP contribution in [0.15, 0.2) is 36.5 Å². The molecule has 35 heavy (non-hydrogen) atoms. The zero-order valence-electron chi connectivity index (χ0n) is 20.7. The first-order valence-corrected chi connectivity index (χ1v) is 12.1. The number of nitrogens with zero attached hydrogens (tertiary/aromatic N) is 7. The van der Waals surface area contributed by atoms with Crippen LogP contribution in [0.5, 0.6) is 0 Å². The Morgan fingerprint density at radius 1 is 1.06 bits per heavy atom. The number of piperazine rings is 1. The molecule has 4 heterocycles. The number of hydrogen-bond acceptors (Lipinski definition) is 7. The van der Waals surface area contributed by atoms with Gasteiger partial charge in [0.2, 0.25) is 11.9 Å². The number of hydrogen-bond donors (Lipinski definition) is 0. The summed E-state index contributed by atoms with van der Waals surface area (Å²) in [7, 11) is 1.96.